The molecule has 1 aromatic carbocycles. The molecule has 0 aliphatic rings. The molecule has 0 bridgehead atoms. The lowest BCUT2D eigenvalue weighted by molar-refractivity contribution is -0.123. The van der Waals surface area contributed by atoms with E-state index in [4.69, 9.17) is 9.47 Å². The smallest absolute Gasteiger partial charge is 0.338 e. The second-order valence-electron chi connectivity index (χ2n) is 6.91. The van der Waals surface area contributed by atoms with Crippen LogP contribution in [0, 0.1) is 0 Å². The van der Waals surface area contributed by atoms with Crippen molar-refractivity contribution in [2.75, 3.05) is 13.2 Å². The zero-order chi connectivity index (χ0) is 19.6. The van der Waals surface area contributed by atoms with Crippen LogP contribution in [0.3, 0.4) is 0 Å². The van der Waals surface area contributed by atoms with Crippen molar-refractivity contribution >= 4 is 17.9 Å². The molecule has 7 heteroatoms. The molecular formula is C19H28N2O5. The number of urea groups is 1. The van der Waals surface area contributed by atoms with E-state index >= 15 is 0 Å². The minimum atomic E-state index is -0.698. The summed E-state index contributed by atoms with van der Waals surface area (Å²) < 4.78 is 10.5. The van der Waals surface area contributed by atoms with E-state index in [0.29, 0.717) is 17.9 Å². The highest BCUT2D eigenvalue weighted by Crippen LogP contribution is 2.13. The summed E-state index contributed by atoms with van der Waals surface area (Å²) in [5.74, 6) is -0.667. The maximum Gasteiger partial charge on any atom is 0.338 e. The van der Waals surface area contributed by atoms with Gasteiger partial charge in [-0.2, -0.15) is 0 Å². The number of rotatable bonds is 8. The van der Waals surface area contributed by atoms with E-state index in [-0.39, 0.29) is 0 Å². The zero-order valence-electron chi connectivity index (χ0n) is 15.9. The average Bonchev–Trinajstić information content (AvgIpc) is 2.55. The first-order valence-corrected chi connectivity index (χ1v) is 8.73. The summed E-state index contributed by atoms with van der Waals surface area (Å²) in [5, 5.41) is 4.67. The molecule has 0 saturated heterocycles. The van der Waals surface area contributed by atoms with Crippen LogP contribution in [-0.4, -0.2) is 36.7 Å². The summed E-state index contributed by atoms with van der Waals surface area (Å²) in [6, 6.07) is 5.87. The van der Waals surface area contributed by atoms with E-state index < -0.39 is 30.1 Å². The number of imide groups is 1. The normalized spacial score (nSPS) is 10.8. The highest BCUT2D eigenvalue weighted by Gasteiger charge is 2.17. The van der Waals surface area contributed by atoms with Crippen LogP contribution in [0.25, 0.3) is 0 Å². The van der Waals surface area contributed by atoms with Crippen molar-refractivity contribution in [3.05, 3.63) is 29.8 Å². The predicted octanol–water partition coefficient (Wildman–Crippen LogP) is 3.04. The minimum Gasteiger partial charge on any atom is -0.494 e. The summed E-state index contributed by atoms with van der Waals surface area (Å²) in [6.07, 6.45) is 3.22. The van der Waals surface area contributed by atoms with Gasteiger partial charge in [-0.05, 0) is 51.5 Å². The number of carbonyl (C=O) groups excluding carboxylic acids is 3. The van der Waals surface area contributed by atoms with Gasteiger partial charge in [0.1, 0.15) is 5.75 Å². The maximum atomic E-state index is 11.9. The van der Waals surface area contributed by atoms with Crippen molar-refractivity contribution in [3.63, 3.8) is 0 Å². The molecule has 0 fully saturated rings. The summed E-state index contributed by atoms with van der Waals surface area (Å²) in [6.45, 7) is 7.58. The quantitative estimate of drug-likeness (QED) is 0.546. The molecule has 0 heterocycles. The van der Waals surface area contributed by atoms with Crippen molar-refractivity contribution in [2.45, 2.75) is 52.5 Å². The number of amides is 3. The van der Waals surface area contributed by atoms with Crippen LogP contribution >= 0.6 is 0 Å². The molecule has 26 heavy (non-hydrogen) atoms. The summed E-state index contributed by atoms with van der Waals surface area (Å²) >= 11 is 0. The van der Waals surface area contributed by atoms with Gasteiger partial charge in [-0.1, -0.05) is 19.8 Å². The number of nitrogens with one attached hydrogen (secondary N) is 2. The van der Waals surface area contributed by atoms with Crippen molar-refractivity contribution in [2.24, 2.45) is 0 Å². The van der Waals surface area contributed by atoms with E-state index in [0.717, 1.165) is 19.3 Å². The largest absolute Gasteiger partial charge is 0.494 e. The minimum absolute atomic E-state index is 0.304. The number of hydrogen-bond donors (Lipinski definition) is 2. The first-order valence-electron chi connectivity index (χ1n) is 8.73. The Bertz CT molecular complexity index is 605. The van der Waals surface area contributed by atoms with Gasteiger partial charge in [-0.25, -0.2) is 9.59 Å². The van der Waals surface area contributed by atoms with Gasteiger partial charge in [0, 0.05) is 5.54 Å². The Morgan fingerprint density at radius 1 is 1.04 bits per heavy atom. The van der Waals surface area contributed by atoms with E-state index in [9.17, 15) is 14.4 Å². The third-order valence-corrected chi connectivity index (χ3v) is 3.18. The molecule has 3 amide bonds. The van der Waals surface area contributed by atoms with Crippen molar-refractivity contribution in [3.8, 4) is 5.75 Å². The molecule has 0 aliphatic heterocycles. The van der Waals surface area contributed by atoms with Gasteiger partial charge in [0.25, 0.3) is 5.91 Å². The summed E-state index contributed by atoms with van der Waals surface area (Å²) in [4.78, 5) is 35.1. The van der Waals surface area contributed by atoms with Crippen LogP contribution in [0.1, 0.15) is 57.3 Å². The summed E-state index contributed by atoms with van der Waals surface area (Å²) in [7, 11) is 0. The zero-order valence-corrected chi connectivity index (χ0v) is 15.9. The first-order chi connectivity index (χ1) is 12.2. The average molecular weight is 364 g/mol. The summed E-state index contributed by atoms with van der Waals surface area (Å²) in [5.41, 5.74) is -0.167. The number of benzene rings is 1. The lowest BCUT2D eigenvalue weighted by Crippen LogP contribution is -2.49. The monoisotopic (exact) mass is 364 g/mol. The second kappa shape index (κ2) is 10.4. The Balaban J connectivity index is 2.38. The van der Waals surface area contributed by atoms with E-state index in [1.54, 1.807) is 45.0 Å². The fourth-order valence-electron chi connectivity index (χ4n) is 1.98. The van der Waals surface area contributed by atoms with Crippen molar-refractivity contribution < 1.29 is 23.9 Å². The number of ether oxygens (including phenoxy) is 2. The molecule has 0 aromatic heterocycles. The van der Waals surface area contributed by atoms with E-state index in [2.05, 4.69) is 17.6 Å². The number of hydrogen-bond acceptors (Lipinski definition) is 5. The maximum absolute atomic E-state index is 11.9. The molecular weight excluding hydrogens is 336 g/mol. The lowest BCUT2D eigenvalue weighted by atomic mass is 10.1. The molecule has 7 nitrogen and oxygen atoms in total. The second-order valence-corrected chi connectivity index (χ2v) is 6.91. The molecule has 1 rings (SSSR count). The lowest BCUT2D eigenvalue weighted by Gasteiger charge is -2.20. The van der Waals surface area contributed by atoms with Crippen LogP contribution in [0.4, 0.5) is 4.79 Å². The molecule has 0 unspecified atom stereocenters. The number of esters is 1. The van der Waals surface area contributed by atoms with Crippen LogP contribution in [-0.2, 0) is 9.53 Å². The highest BCUT2D eigenvalue weighted by molar-refractivity contribution is 5.97. The van der Waals surface area contributed by atoms with E-state index in [1.807, 2.05) is 0 Å². The molecule has 0 spiro atoms. The molecule has 0 atom stereocenters. The Kier molecular flexibility index (Phi) is 8.61. The van der Waals surface area contributed by atoms with Crippen LogP contribution in [0.2, 0.25) is 0 Å². The van der Waals surface area contributed by atoms with Gasteiger partial charge in [-0.15, -0.1) is 0 Å². The topological polar surface area (TPSA) is 93.7 Å². The standard InChI is InChI=1S/C19H28N2O5/c1-5-6-7-12-25-15-10-8-14(9-11-15)17(23)26-13-16(22)20-18(24)21-19(2,3)4/h8-11H,5-7,12-13H2,1-4H3,(H2,20,21,22,24). The van der Waals surface area contributed by atoms with Crippen LogP contribution < -0.4 is 15.4 Å². The molecule has 0 saturated carbocycles. The van der Waals surface area contributed by atoms with E-state index in [1.165, 1.54) is 0 Å². The van der Waals surface area contributed by atoms with Gasteiger partial charge in [0.15, 0.2) is 6.61 Å². The Morgan fingerprint density at radius 3 is 2.27 bits per heavy atom. The Labute approximate surface area is 154 Å². The first kappa shape index (κ1) is 21.5. The van der Waals surface area contributed by atoms with Crippen LogP contribution in [0.5, 0.6) is 5.75 Å². The Hall–Kier alpha value is -2.57. The van der Waals surface area contributed by atoms with Crippen LogP contribution in [0.15, 0.2) is 24.3 Å². The van der Waals surface area contributed by atoms with Gasteiger partial charge in [0.05, 0.1) is 12.2 Å². The fourth-order valence-corrected chi connectivity index (χ4v) is 1.98. The third kappa shape index (κ3) is 9.05. The SMILES string of the molecule is CCCCCOc1ccc(C(=O)OCC(=O)NC(=O)NC(C)(C)C)cc1. The molecule has 0 radical (unpaired) electrons. The number of carbonyl (C=O) groups is 3. The molecule has 0 aliphatic carbocycles. The third-order valence-electron chi connectivity index (χ3n) is 3.18. The van der Waals surface area contributed by atoms with Gasteiger partial charge in [0.2, 0.25) is 0 Å². The van der Waals surface area contributed by atoms with Gasteiger partial charge >= 0.3 is 12.0 Å². The van der Waals surface area contributed by atoms with Crippen molar-refractivity contribution in [1.82, 2.24) is 10.6 Å². The Morgan fingerprint density at radius 2 is 1.69 bits per heavy atom. The molecule has 2 N–H and O–H groups in total. The van der Waals surface area contributed by atoms with Gasteiger partial charge < -0.3 is 14.8 Å². The molecule has 1 aromatic rings. The molecule has 144 valence electrons. The highest BCUT2D eigenvalue weighted by atomic mass is 16.5. The number of unbranched alkanes of at least 4 members (excludes halogenated alkanes) is 2. The van der Waals surface area contributed by atoms with Gasteiger partial charge in [-0.3, -0.25) is 10.1 Å². The van der Waals surface area contributed by atoms with Crippen molar-refractivity contribution in [1.29, 1.82) is 0 Å². The fraction of sp³-hybridized carbons (Fsp3) is 0.526. The predicted molar refractivity (Wildman–Crippen MR) is 98.2 cm³/mol.